The maximum atomic E-state index is 12.7. The Kier molecular flexibility index (Phi) is 9.24. The van der Waals surface area contributed by atoms with Crippen LogP contribution in [0.15, 0.2) is 0 Å². The second kappa shape index (κ2) is 12.2. The Bertz CT molecular complexity index is 620. The molecule has 8 nitrogen and oxygen atoms in total. The fourth-order valence-corrected chi connectivity index (χ4v) is 6.07. The molecule has 4 aliphatic rings. The molecule has 0 amide bonds. The Hall–Kier alpha value is -1.22. The van der Waals surface area contributed by atoms with Crippen LogP contribution < -0.4 is 0 Å². The van der Waals surface area contributed by atoms with Gasteiger partial charge in [0.2, 0.25) is 0 Å². The normalized spacial score (nSPS) is 34.8. The smallest absolute Gasteiger partial charge is 0.309 e. The van der Waals surface area contributed by atoms with E-state index in [0.29, 0.717) is 50.7 Å². The van der Waals surface area contributed by atoms with Crippen molar-refractivity contribution in [1.82, 2.24) is 0 Å². The number of ether oxygens (including phenoxy) is 4. The van der Waals surface area contributed by atoms with Crippen molar-refractivity contribution in [3.8, 4) is 0 Å². The molecule has 2 atom stereocenters. The average Bonchev–Trinajstić information content (AvgIpc) is 3.73. The van der Waals surface area contributed by atoms with Crippen molar-refractivity contribution in [1.29, 1.82) is 0 Å². The summed E-state index contributed by atoms with van der Waals surface area (Å²) in [6.45, 7) is 2.94. The van der Waals surface area contributed by atoms with Gasteiger partial charge >= 0.3 is 11.9 Å². The molecule has 0 aromatic heterocycles. The van der Waals surface area contributed by atoms with Gasteiger partial charge < -0.3 is 29.2 Å². The molecule has 2 saturated heterocycles. The van der Waals surface area contributed by atoms with Crippen LogP contribution in [0, 0.1) is 17.3 Å². The first kappa shape index (κ1) is 25.9. The monoisotopic (exact) mass is 482 g/mol. The lowest BCUT2D eigenvalue weighted by Crippen LogP contribution is -2.38. The predicted molar refractivity (Wildman–Crippen MR) is 124 cm³/mol. The third-order valence-corrected chi connectivity index (χ3v) is 8.29. The Morgan fingerprint density at radius 3 is 1.56 bits per heavy atom. The van der Waals surface area contributed by atoms with Gasteiger partial charge in [-0.2, -0.15) is 0 Å². The zero-order valence-corrected chi connectivity index (χ0v) is 20.3. The molecule has 2 heterocycles. The lowest BCUT2D eigenvalue weighted by molar-refractivity contribution is -0.153. The Morgan fingerprint density at radius 1 is 0.765 bits per heavy atom. The zero-order chi connectivity index (χ0) is 24.0. The maximum absolute atomic E-state index is 12.7. The van der Waals surface area contributed by atoms with E-state index in [1.54, 1.807) is 0 Å². The molecule has 0 radical (unpaired) electrons. The summed E-state index contributed by atoms with van der Waals surface area (Å²) in [6, 6.07) is 0. The molecule has 34 heavy (non-hydrogen) atoms. The van der Waals surface area contributed by atoms with Gasteiger partial charge in [0.05, 0.1) is 44.1 Å². The predicted octanol–water partition coefficient (Wildman–Crippen LogP) is 4.04. The van der Waals surface area contributed by atoms with E-state index >= 15 is 0 Å². The summed E-state index contributed by atoms with van der Waals surface area (Å²) < 4.78 is 22.4. The standard InChI is InChI=1S/C26H42O8/c27-24(28)2-1-11-26(25(29)30,12-18-3-7-20(8-4-18)31-14-22-16-33-22)13-19-5-9-21(10-6-19)32-15-23-17-34-23/h18-23H,1-17H2,(H,27,28)(H,29,30). The van der Waals surface area contributed by atoms with Crippen LogP contribution in [0.2, 0.25) is 0 Å². The molecule has 2 aliphatic carbocycles. The summed E-state index contributed by atoms with van der Waals surface area (Å²) in [4.78, 5) is 23.9. The summed E-state index contributed by atoms with van der Waals surface area (Å²) in [5.74, 6) is -0.882. The van der Waals surface area contributed by atoms with Gasteiger partial charge in [0, 0.05) is 6.42 Å². The number of epoxide rings is 2. The maximum Gasteiger partial charge on any atom is 0.309 e. The molecule has 0 aromatic rings. The molecule has 0 spiro atoms. The molecular formula is C26H42O8. The zero-order valence-electron chi connectivity index (χ0n) is 20.3. The second-order valence-corrected chi connectivity index (χ2v) is 11.1. The molecule has 194 valence electrons. The number of hydrogen-bond donors (Lipinski definition) is 2. The molecule has 4 fully saturated rings. The highest BCUT2D eigenvalue weighted by Crippen LogP contribution is 2.46. The van der Waals surface area contributed by atoms with E-state index in [1.807, 2.05) is 0 Å². The van der Waals surface area contributed by atoms with Crippen LogP contribution in [0.25, 0.3) is 0 Å². The van der Waals surface area contributed by atoms with Gasteiger partial charge in [-0.1, -0.05) is 0 Å². The average molecular weight is 483 g/mol. The van der Waals surface area contributed by atoms with Gasteiger partial charge in [0.25, 0.3) is 0 Å². The second-order valence-electron chi connectivity index (χ2n) is 11.1. The first-order chi connectivity index (χ1) is 16.4. The van der Waals surface area contributed by atoms with Gasteiger partial charge in [-0.05, 0) is 88.9 Å². The van der Waals surface area contributed by atoms with Crippen molar-refractivity contribution in [2.24, 2.45) is 17.3 Å². The molecular weight excluding hydrogens is 440 g/mol. The minimum Gasteiger partial charge on any atom is -0.481 e. The van der Waals surface area contributed by atoms with Gasteiger partial charge in [-0.3, -0.25) is 9.59 Å². The summed E-state index contributed by atoms with van der Waals surface area (Å²) in [5.41, 5.74) is -0.837. The van der Waals surface area contributed by atoms with E-state index in [2.05, 4.69) is 0 Å². The number of carboxylic acids is 2. The van der Waals surface area contributed by atoms with Gasteiger partial charge in [0.15, 0.2) is 0 Å². The number of carbonyl (C=O) groups is 2. The van der Waals surface area contributed by atoms with Crippen LogP contribution in [0.4, 0.5) is 0 Å². The first-order valence-electron chi connectivity index (χ1n) is 13.3. The molecule has 0 bridgehead atoms. The lowest BCUT2D eigenvalue weighted by atomic mass is 9.65. The minimum atomic E-state index is -0.853. The highest BCUT2D eigenvalue weighted by atomic mass is 16.6. The van der Waals surface area contributed by atoms with Crippen LogP contribution in [0.3, 0.4) is 0 Å². The fraction of sp³-hybridized carbons (Fsp3) is 0.923. The molecule has 0 aromatic carbocycles. The molecule has 8 heteroatoms. The van der Waals surface area contributed by atoms with Crippen molar-refractivity contribution >= 4 is 11.9 Å². The van der Waals surface area contributed by atoms with E-state index in [4.69, 9.17) is 24.1 Å². The van der Waals surface area contributed by atoms with Crippen molar-refractivity contribution in [3.63, 3.8) is 0 Å². The van der Waals surface area contributed by atoms with Crippen LogP contribution in [-0.4, -0.2) is 73.0 Å². The van der Waals surface area contributed by atoms with Crippen LogP contribution in [0.1, 0.15) is 83.5 Å². The molecule has 2 N–H and O–H groups in total. The third-order valence-electron chi connectivity index (χ3n) is 8.29. The van der Waals surface area contributed by atoms with Crippen LogP contribution in [-0.2, 0) is 28.5 Å². The Balaban J connectivity index is 1.30. The van der Waals surface area contributed by atoms with E-state index < -0.39 is 17.4 Å². The number of rotatable bonds is 15. The van der Waals surface area contributed by atoms with Gasteiger partial charge in [0.1, 0.15) is 12.2 Å². The Morgan fingerprint density at radius 2 is 1.21 bits per heavy atom. The van der Waals surface area contributed by atoms with Crippen molar-refractivity contribution in [2.45, 2.75) is 108 Å². The topological polar surface area (TPSA) is 118 Å². The molecule has 2 unspecified atom stereocenters. The largest absolute Gasteiger partial charge is 0.481 e. The lowest BCUT2D eigenvalue weighted by Gasteiger charge is -2.40. The summed E-state index contributed by atoms with van der Waals surface area (Å²) >= 11 is 0. The molecule has 2 aliphatic heterocycles. The molecule has 2 saturated carbocycles. The third kappa shape index (κ3) is 8.18. The van der Waals surface area contributed by atoms with Gasteiger partial charge in [-0.25, -0.2) is 0 Å². The fourth-order valence-electron chi connectivity index (χ4n) is 6.07. The number of hydrogen-bond acceptors (Lipinski definition) is 6. The van der Waals surface area contributed by atoms with Gasteiger partial charge in [-0.15, -0.1) is 0 Å². The van der Waals surface area contributed by atoms with E-state index in [9.17, 15) is 14.7 Å². The highest BCUT2D eigenvalue weighted by Gasteiger charge is 2.43. The first-order valence-corrected chi connectivity index (χ1v) is 13.3. The number of aliphatic carboxylic acids is 2. The van der Waals surface area contributed by atoms with E-state index in [0.717, 1.165) is 64.6 Å². The number of carboxylic acid groups (broad SMARTS) is 2. The quantitative estimate of drug-likeness (QED) is 0.336. The Labute approximate surface area is 202 Å². The summed E-state index contributed by atoms with van der Waals surface area (Å²) in [5, 5.41) is 19.6. The molecule has 4 rings (SSSR count). The van der Waals surface area contributed by atoms with E-state index in [-0.39, 0.29) is 30.8 Å². The van der Waals surface area contributed by atoms with Crippen LogP contribution in [0.5, 0.6) is 0 Å². The van der Waals surface area contributed by atoms with Crippen molar-refractivity contribution < 1.29 is 38.7 Å². The minimum absolute atomic E-state index is 0.0304. The van der Waals surface area contributed by atoms with E-state index in [1.165, 1.54) is 0 Å². The summed E-state index contributed by atoms with van der Waals surface area (Å²) in [6.07, 6.45) is 11.0. The summed E-state index contributed by atoms with van der Waals surface area (Å²) in [7, 11) is 0. The van der Waals surface area contributed by atoms with Crippen molar-refractivity contribution in [3.05, 3.63) is 0 Å². The van der Waals surface area contributed by atoms with Crippen LogP contribution >= 0.6 is 0 Å². The van der Waals surface area contributed by atoms with Crippen molar-refractivity contribution in [2.75, 3.05) is 26.4 Å². The highest BCUT2D eigenvalue weighted by molar-refractivity contribution is 5.75. The SMILES string of the molecule is O=C(O)CCCC(CC1CCC(OCC2CO2)CC1)(CC1CCC(OCC2CO2)CC1)C(=O)O.